The Balaban J connectivity index is 2.85. The zero-order valence-electron chi connectivity index (χ0n) is 9.65. The van der Waals surface area contributed by atoms with E-state index in [-0.39, 0.29) is 0 Å². The zero-order chi connectivity index (χ0) is 12.0. The third-order valence-corrected chi connectivity index (χ3v) is 2.80. The highest BCUT2D eigenvalue weighted by atomic mass is 16.3. The first-order valence-electron chi connectivity index (χ1n) is 5.69. The van der Waals surface area contributed by atoms with Crippen LogP contribution in [0.1, 0.15) is 38.2 Å². The molecule has 0 aromatic heterocycles. The SMILES string of the molecule is CCCCCC(O)(C(N)=O)c1ccccc1. The Kier molecular flexibility index (Phi) is 4.50. The lowest BCUT2D eigenvalue weighted by Crippen LogP contribution is -2.41. The van der Waals surface area contributed by atoms with E-state index in [0.29, 0.717) is 12.0 Å². The van der Waals surface area contributed by atoms with E-state index in [1.807, 2.05) is 6.07 Å². The number of hydrogen-bond acceptors (Lipinski definition) is 2. The van der Waals surface area contributed by atoms with E-state index in [1.54, 1.807) is 24.3 Å². The predicted molar refractivity (Wildman–Crippen MR) is 63.7 cm³/mol. The van der Waals surface area contributed by atoms with Crippen LogP contribution in [-0.4, -0.2) is 11.0 Å². The third kappa shape index (κ3) is 2.83. The van der Waals surface area contributed by atoms with E-state index in [4.69, 9.17) is 5.73 Å². The fourth-order valence-electron chi connectivity index (χ4n) is 1.75. The average molecular weight is 221 g/mol. The van der Waals surface area contributed by atoms with Crippen molar-refractivity contribution >= 4 is 5.91 Å². The maximum Gasteiger partial charge on any atom is 0.254 e. The Bertz CT molecular complexity index is 337. The fourth-order valence-corrected chi connectivity index (χ4v) is 1.75. The van der Waals surface area contributed by atoms with Gasteiger partial charge in [-0.1, -0.05) is 50.1 Å². The standard InChI is InChI=1S/C13H19NO2/c1-2-3-7-10-13(16,12(14)15)11-8-5-4-6-9-11/h4-6,8-9,16H,2-3,7,10H2,1H3,(H2,14,15). The molecule has 0 saturated carbocycles. The summed E-state index contributed by atoms with van der Waals surface area (Å²) in [7, 11) is 0. The summed E-state index contributed by atoms with van der Waals surface area (Å²) in [6.45, 7) is 2.08. The molecule has 1 atom stereocenters. The summed E-state index contributed by atoms with van der Waals surface area (Å²) < 4.78 is 0. The van der Waals surface area contributed by atoms with Crippen molar-refractivity contribution in [3.63, 3.8) is 0 Å². The van der Waals surface area contributed by atoms with E-state index < -0.39 is 11.5 Å². The Morgan fingerprint density at radius 3 is 2.44 bits per heavy atom. The van der Waals surface area contributed by atoms with Crippen LogP contribution in [0.2, 0.25) is 0 Å². The first-order chi connectivity index (χ1) is 7.61. The number of primary amides is 1. The molecule has 0 radical (unpaired) electrons. The van der Waals surface area contributed by atoms with Crippen LogP contribution in [0.3, 0.4) is 0 Å². The van der Waals surface area contributed by atoms with Gasteiger partial charge in [-0.2, -0.15) is 0 Å². The molecule has 3 N–H and O–H groups in total. The Morgan fingerprint density at radius 2 is 1.94 bits per heavy atom. The van der Waals surface area contributed by atoms with E-state index in [2.05, 4.69) is 6.92 Å². The lowest BCUT2D eigenvalue weighted by molar-refractivity contribution is -0.138. The number of carbonyl (C=O) groups is 1. The van der Waals surface area contributed by atoms with Crippen LogP contribution in [0, 0.1) is 0 Å². The van der Waals surface area contributed by atoms with Crippen molar-refractivity contribution in [2.75, 3.05) is 0 Å². The normalized spacial score (nSPS) is 14.4. The van der Waals surface area contributed by atoms with Gasteiger partial charge in [-0.3, -0.25) is 4.79 Å². The maximum atomic E-state index is 11.4. The Hall–Kier alpha value is -1.35. The monoisotopic (exact) mass is 221 g/mol. The van der Waals surface area contributed by atoms with Crippen molar-refractivity contribution in [3.05, 3.63) is 35.9 Å². The summed E-state index contributed by atoms with van der Waals surface area (Å²) in [5.41, 5.74) is 4.36. The van der Waals surface area contributed by atoms with Crippen LogP contribution in [0.15, 0.2) is 30.3 Å². The van der Waals surface area contributed by atoms with Gasteiger partial charge in [-0.25, -0.2) is 0 Å². The van der Waals surface area contributed by atoms with Crippen LogP contribution in [0.25, 0.3) is 0 Å². The van der Waals surface area contributed by atoms with Crippen LogP contribution < -0.4 is 5.73 Å². The number of rotatable bonds is 6. The topological polar surface area (TPSA) is 63.3 Å². The molecule has 0 aliphatic carbocycles. The second-order valence-corrected chi connectivity index (χ2v) is 4.05. The Morgan fingerprint density at radius 1 is 1.31 bits per heavy atom. The minimum atomic E-state index is -1.52. The van der Waals surface area contributed by atoms with Crippen molar-refractivity contribution in [2.45, 2.75) is 38.2 Å². The predicted octanol–water partition coefficient (Wildman–Crippen LogP) is 1.94. The van der Waals surface area contributed by atoms with Crippen molar-refractivity contribution in [2.24, 2.45) is 5.73 Å². The van der Waals surface area contributed by atoms with Gasteiger partial charge in [0.15, 0.2) is 5.60 Å². The molecule has 1 aromatic rings. The molecule has 16 heavy (non-hydrogen) atoms. The summed E-state index contributed by atoms with van der Waals surface area (Å²) in [5.74, 6) is -0.671. The number of unbranched alkanes of at least 4 members (excludes halogenated alkanes) is 2. The van der Waals surface area contributed by atoms with Gasteiger partial charge >= 0.3 is 0 Å². The van der Waals surface area contributed by atoms with Crippen LogP contribution in [-0.2, 0) is 10.4 Å². The van der Waals surface area contributed by atoms with Crippen LogP contribution in [0.4, 0.5) is 0 Å². The highest BCUT2D eigenvalue weighted by Gasteiger charge is 2.34. The van der Waals surface area contributed by atoms with Crippen molar-refractivity contribution in [1.82, 2.24) is 0 Å². The van der Waals surface area contributed by atoms with E-state index >= 15 is 0 Å². The highest BCUT2D eigenvalue weighted by Crippen LogP contribution is 2.26. The second-order valence-electron chi connectivity index (χ2n) is 4.05. The van der Waals surface area contributed by atoms with Gasteiger partial charge in [0.05, 0.1) is 0 Å². The Labute approximate surface area is 96.3 Å². The molecule has 0 saturated heterocycles. The molecule has 3 nitrogen and oxygen atoms in total. The summed E-state index contributed by atoms with van der Waals surface area (Å²) in [5, 5.41) is 10.3. The molecule has 1 rings (SSSR count). The quantitative estimate of drug-likeness (QED) is 0.721. The number of hydrogen-bond donors (Lipinski definition) is 2. The minimum absolute atomic E-state index is 0.389. The minimum Gasteiger partial charge on any atom is -0.375 e. The van der Waals surface area contributed by atoms with Gasteiger partial charge in [0.2, 0.25) is 0 Å². The van der Waals surface area contributed by atoms with Gasteiger partial charge in [0.1, 0.15) is 0 Å². The molecule has 0 heterocycles. The van der Waals surface area contributed by atoms with E-state index in [9.17, 15) is 9.90 Å². The molecular weight excluding hydrogens is 202 g/mol. The van der Waals surface area contributed by atoms with Crippen molar-refractivity contribution < 1.29 is 9.90 Å². The van der Waals surface area contributed by atoms with Gasteiger partial charge in [0.25, 0.3) is 5.91 Å². The van der Waals surface area contributed by atoms with Gasteiger partial charge < -0.3 is 10.8 Å². The lowest BCUT2D eigenvalue weighted by Gasteiger charge is -2.25. The van der Waals surface area contributed by atoms with Gasteiger partial charge in [-0.15, -0.1) is 0 Å². The molecule has 0 spiro atoms. The lowest BCUT2D eigenvalue weighted by atomic mass is 9.88. The number of amides is 1. The molecule has 0 aliphatic rings. The van der Waals surface area contributed by atoms with Crippen molar-refractivity contribution in [1.29, 1.82) is 0 Å². The number of benzene rings is 1. The summed E-state index contributed by atoms with van der Waals surface area (Å²) in [4.78, 5) is 11.4. The molecule has 0 fully saturated rings. The average Bonchev–Trinajstić information content (AvgIpc) is 2.30. The molecule has 0 bridgehead atoms. The first kappa shape index (κ1) is 12.7. The molecule has 1 unspecified atom stereocenters. The fraction of sp³-hybridized carbons (Fsp3) is 0.462. The number of nitrogens with two attached hydrogens (primary N) is 1. The van der Waals surface area contributed by atoms with Gasteiger partial charge in [0, 0.05) is 0 Å². The molecule has 0 aliphatic heterocycles. The van der Waals surface area contributed by atoms with Crippen LogP contribution in [0.5, 0.6) is 0 Å². The summed E-state index contributed by atoms with van der Waals surface area (Å²) in [6.07, 6.45) is 3.22. The summed E-state index contributed by atoms with van der Waals surface area (Å²) in [6, 6.07) is 8.90. The number of carbonyl (C=O) groups excluding carboxylic acids is 1. The largest absolute Gasteiger partial charge is 0.375 e. The van der Waals surface area contributed by atoms with Crippen molar-refractivity contribution in [3.8, 4) is 0 Å². The highest BCUT2D eigenvalue weighted by molar-refractivity contribution is 5.84. The molecule has 1 aromatic carbocycles. The van der Waals surface area contributed by atoms with E-state index in [1.165, 1.54) is 0 Å². The third-order valence-electron chi connectivity index (χ3n) is 2.80. The smallest absolute Gasteiger partial charge is 0.254 e. The first-order valence-corrected chi connectivity index (χ1v) is 5.69. The van der Waals surface area contributed by atoms with Gasteiger partial charge in [-0.05, 0) is 18.4 Å². The molecular formula is C13H19NO2. The van der Waals surface area contributed by atoms with E-state index in [0.717, 1.165) is 19.3 Å². The molecule has 88 valence electrons. The molecule has 1 amide bonds. The summed E-state index contributed by atoms with van der Waals surface area (Å²) >= 11 is 0. The second kappa shape index (κ2) is 5.66. The zero-order valence-corrected chi connectivity index (χ0v) is 9.65. The molecule has 3 heteroatoms. The van der Waals surface area contributed by atoms with Crippen LogP contribution >= 0.6 is 0 Å². The maximum absolute atomic E-state index is 11.4. The number of aliphatic hydroxyl groups is 1.